The maximum atomic E-state index is 10.4. The minimum atomic E-state index is -0.572. The molecule has 0 aliphatic rings. The highest BCUT2D eigenvalue weighted by molar-refractivity contribution is 9.10. The molecule has 0 saturated carbocycles. The van der Waals surface area contributed by atoms with Gasteiger partial charge in [-0.1, -0.05) is 23.8 Å². The number of hydrogen-bond donors (Lipinski definition) is 1. The summed E-state index contributed by atoms with van der Waals surface area (Å²) in [6.07, 6.45) is 1.54. The van der Waals surface area contributed by atoms with Crippen molar-refractivity contribution in [3.05, 3.63) is 62.9 Å². The van der Waals surface area contributed by atoms with Crippen molar-refractivity contribution in [3.63, 3.8) is 0 Å². The summed E-state index contributed by atoms with van der Waals surface area (Å²) in [6.45, 7) is 4.03. The molecule has 0 amide bonds. The molecule has 0 spiro atoms. The van der Waals surface area contributed by atoms with Crippen molar-refractivity contribution < 1.29 is 5.11 Å². The lowest BCUT2D eigenvalue weighted by molar-refractivity contribution is 0.177. The van der Waals surface area contributed by atoms with Gasteiger partial charge in [-0.15, -0.1) is 0 Å². The molecule has 2 rings (SSSR count). The molecule has 20 heavy (non-hydrogen) atoms. The van der Waals surface area contributed by atoms with E-state index in [0.29, 0.717) is 16.6 Å². The van der Waals surface area contributed by atoms with Crippen LogP contribution in [-0.2, 0) is 6.42 Å². The Morgan fingerprint density at radius 1 is 1.35 bits per heavy atom. The van der Waals surface area contributed by atoms with Crippen LogP contribution in [0.4, 0.5) is 0 Å². The van der Waals surface area contributed by atoms with E-state index in [1.807, 2.05) is 38.1 Å². The molecule has 0 saturated heterocycles. The van der Waals surface area contributed by atoms with Crippen molar-refractivity contribution in [3.8, 4) is 6.07 Å². The molecule has 1 heterocycles. The third kappa shape index (κ3) is 3.24. The number of aromatic nitrogens is 1. The second kappa shape index (κ2) is 6.17. The lowest BCUT2D eigenvalue weighted by Gasteiger charge is -2.14. The standard InChI is InChI=1S/C16H15BrN2O/c1-10-3-4-13(11(2)5-10)16(20)7-12-6-14(17)15(8-18)19-9-12/h3-6,9,16,20H,7H2,1-2H3/t16-/m1/s1. The summed E-state index contributed by atoms with van der Waals surface area (Å²) in [4.78, 5) is 4.06. The predicted molar refractivity (Wildman–Crippen MR) is 81.2 cm³/mol. The summed E-state index contributed by atoms with van der Waals surface area (Å²) >= 11 is 3.31. The lowest BCUT2D eigenvalue weighted by atomic mass is 9.97. The highest BCUT2D eigenvalue weighted by atomic mass is 79.9. The van der Waals surface area contributed by atoms with Crippen molar-refractivity contribution in [2.75, 3.05) is 0 Å². The predicted octanol–water partition coefficient (Wildman–Crippen LogP) is 3.61. The van der Waals surface area contributed by atoms with Gasteiger partial charge in [0.1, 0.15) is 6.07 Å². The van der Waals surface area contributed by atoms with Gasteiger partial charge in [-0.3, -0.25) is 0 Å². The molecule has 1 aromatic heterocycles. The van der Waals surface area contributed by atoms with E-state index < -0.39 is 6.10 Å². The highest BCUT2D eigenvalue weighted by Gasteiger charge is 2.12. The van der Waals surface area contributed by atoms with Gasteiger partial charge in [0.05, 0.1) is 10.6 Å². The summed E-state index contributed by atoms with van der Waals surface area (Å²) < 4.78 is 0.658. The first-order valence-corrected chi connectivity index (χ1v) is 7.10. The van der Waals surface area contributed by atoms with Crippen LogP contribution in [0, 0.1) is 25.2 Å². The molecule has 0 radical (unpaired) electrons. The zero-order valence-electron chi connectivity index (χ0n) is 11.4. The van der Waals surface area contributed by atoms with Crippen LogP contribution in [0.15, 0.2) is 34.9 Å². The number of halogens is 1. The number of hydrogen-bond acceptors (Lipinski definition) is 3. The van der Waals surface area contributed by atoms with Crippen LogP contribution in [-0.4, -0.2) is 10.1 Å². The molecule has 2 aromatic rings. The topological polar surface area (TPSA) is 56.9 Å². The smallest absolute Gasteiger partial charge is 0.154 e. The molecule has 0 aliphatic heterocycles. The van der Waals surface area contributed by atoms with Crippen LogP contribution in [0.2, 0.25) is 0 Å². The van der Waals surface area contributed by atoms with E-state index >= 15 is 0 Å². The quantitative estimate of drug-likeness (QED) is 0.935. The average Bonchev–Trinajstić information content (AvgIpc) is 2.38. The fourth-order valence-electron chi connectivity index (χ4n) is 2.20. The second-order valence-corrected chi connectivity index (χ2v) is 5.72. The third-order valence-corrected chi connectivity index (χ3v) is 3.82. The van der Waals surface area contributed by atoms with E-state index in [9.17, 15) is 5.11 Å². The largest absolute Gasteiger partial charge is 0.388 e. The zero-order valence-corrected chi connectivity index (χ0v) is 13.0. The molecular formula is C16H15BrN2O. The van der Waals surface area contributed by atoms with Crippen LogP contribution in [0.1, 0.15) is 34.1 Å². The molecule has 3 nitrogen and oxygen atoms in total. The zero-order chi connectivity index (χ0) is 14.7. The highest BCUT2D eigenvalue weighted by Crippen LogP contribution is 2.24. The first kappa shape index (κ1) is 14.7. The van der Waals surface area contributed by atoms with Crippen LogP contribution in [0.3, 0.4) is 0 Å². The van der Waals surface area contributed by atoms with Crippen molar-refractivity contribution in [2.45, 2.75) is 26.4 Å². The van der Waals surface area contributed by atoms with Gasteiger partial charge in [-0.05, 0) is 52.5 Å². The number of nitriles is 1. The first-order valence-electron chi connectivity index (χ1n) is 6.31. The Bertz CT molecular complexity index is 677. The number of pyridine rings is 1. The Kier molecular flexibility index (Phi) is 4.53. The maximum Gasteiger partial charge on any atom is 0.154 e. The lowest BCUT2D eigenvalue weighted by Crippen LogP contribution is -2.05. The van der Waals surface area contributed by atoms with E-state index in [1.165, 1.54) is 5.56 Å². The molecule has 1 N–H and O–H groups in total. The Morgan fingerprint density at radius 3 is 2.70 bits per heavy atom. The molecule has 4 heteroatoms. The normalized spacial score (nSPS) is 11.9. The summed E-state index contributed by atoms with van der Waals surface area (Å²) in [7, 11) is 0. The molecule has 102 valence electrons. The fourth-order valence-corrected chi connectivity index (χ4v) is 2.69. The van der Waals surface area contributed by atoms with E-state index in [0.717, 1.165) is 16.7 Å². The van der Waals surface area contributed by atoms with Crippen molar-refractivity contribution >= 4 is 15.9 Å². The molecule has 0 bridgehead atoms. The first-order chi connectivity index (χ1) is 9.51. The van der Waals surface area contributed by atoms with Crippen LogP contribution < -0.4 is 0 Å². The molecule has 0 fully saturated rings. The van der Waals surface area contributed by atoms with Gasteiger partial charge in [-0.25, -0.2) is 4.98 Å². The van der Waals surface area contributed by atoms with Crippen LogP contribution >= 0.6 is 15.9 Å². The van der Waals surface area contributed by atoms with Gasteiger partial charge in [0.25, 0.3) is 0 Å². The number of nitrogens with zero attached hydrogens (tertiary/aromatic N) is 2. The molecular weight excluding hydrogens is 316 g/mol. The van der Waals surface area contributed by atoms with Crippen molar-refractivity contribution in [1.82, 2.24) is 4.98 Å². The number of rotatable bonds is 3. The SMILES string of the molecule is Cc1ccc([C@H](O)Cc2cnc(C#N)c(Br)c2)c(C)c1. The average molecular weight is 331 g/mol. The third-order valence-electron chi connectivity index (χ3n) is 3.22. The summed E-state index contributed by atoms with van der Waals surface area (Å²) in [5, 5.41) is 19.2. The summed E-state index contributed by atoms with van der Waals surface area (Å²) in [5.74, 6) is 0. The van der Waals surface area contributed by atoms with Crippen LogP contribution in [0.25, 0.3) is 0 Å². The van der Waals surface area contributed by atoms with Gasteiger partial charge in [0.2, 0.25) is 0 Å². The van der Waals surface area contributed by atoms with E-state index in [-0.39, 0.29) is 0 Å². The van der Waals surface area contributed by atoms with Crippen LogP contribution in [0.5, 0.6) is 0 Å². The number of aliphatic hydroxyl groups is 1. The Morgan fingerprint density at radius 2 is 2.10 bits per heavy atom. The maximum absolute atomic E-state index is 10.4. The van der Waals surface area contributed by atoms with Gasteiger partial charge in [-0.2, -0.15) is 5.26 Å². The summed E-state index contributed by atoms with van der Waals surface area (Å²) in [5.41, 5.74) is 4.44. The van der Waals surface area contributed by atoms with E-state index in [2.05, 4.69) is 27.0 Å². The number of aliphatic hydroxyl groups excluding tert-OH is 1. The van der Waals surface area contributed by atoms with Crippen molar-refractivity contribution in [2.24, 2.45) is 0 Å². The van der Waals surface area contributed by atoms with E-state index in [4.69, 9.17) is 5.26 Å². The molecule has 0 aliphatic carbocycles. The minimum absolute atomic E-state index is 0.356. The van der Waals surface area contributed by atoms with Gasteiger partial charge < -0.3 is 5.11 Å². The van der Waals surface area contributed by atoms with Gasteiger partial charge in [0, 0.05) is 12.6 Å². The summed E-state index contributed by atoms with van der Waals surface area (Å²) in [6, 6.07) is 9.85. The minimum Gasteiger partial charge on any atom is -0.388 e. The molecule has 1 aromatic carbocycles. The Hall–Kier alpha value is -1.70. The number of benzene rings is 1. The van der Waals surface area contributed by atoms with Gasteiger partial charge >= 0.3 is 0 Å². The molecule has 1 atom stereocenters. The fraction of sp³-hybridized carbons (Fsp3) is 0.250. The Labute approximate surface area is 127 Å². The Balaban J connectivity index is 2.21. The van der Waals surface area contributed by atoms with E-state index in [1.54, 1.807) is 6.20 Å². The molecule has 0 unspecified atom stereocenters. The number of aryl methyl sites for hydroxylation is 2. The van der Waals surface area contributed by atoms with Gasteiger partial charge in [0.15, 0.2) is 5.69 Å². The van der Waals surface area contributed by atoms with Crippen molar-refractivity contribution in [1.29, 1.82) is 5.26 Å². The second-order valence-electron chi connectivity index (χ2n) is 4.87. The monoisotopic (exact) mass is 330 g/mol.